The Labute approximate surface area is 150 Å². The smallest absolute Gasteiger partial charge is 0.243 e. The maximum atomic E-state index is 12.6. The zero-order chi connectivity index (χ0) is 18.6. The Morgan fingerprint density at radius 1 is 1.28 bits per heavy atom. The van der Waals surface area contributed by atoms with Gasteiger partial charge in [0.15, 0.2) is 0 Å². The Balaban J connectivity index is 2.25. The summed E-state index contributed by atoms with van der Waals surface area (Å²) in [5, 5.41) is 0. The van der Waals surface area contributed by atoms with E-state index < -0.39 is 10.0 Å². The van der Waals surface area contributed by atoms with Gasteiger partial charge in [0.2, 0.25) is 15.9 Å². The van der Waals surface area contributed by atoms with Crippen molar-refractivity contribution in [2.75, 3.05) is 30.2 Å². The van der Waals surface area contributed by atoms with Gasteiger partial charge in [0, 0.05) is 13.1 Å². The highest BCUT2D eigenvalue weighted by Gasteiger charge is 2.28. The Morgan fingerprint density at radius 2 is 1.88 bits per heavy atom. The summed E-state index contributed by atoms with van der Waals surface area (Å²) in [7, 11) is -3.61. The third-order valence-corrected chi connectivity index (χ3v) is 5.44. The monoisotopic (exact) mass is 368 g/mol. The van der Waals surface area contributed by atoms with E-state index in [9.17, 15) is 13.2 Å². The van der Waals surface area contributed by atoms with Crippen LogP contribution in [0.3, 0.4) is 0 Å². The average molecular weight is 368 g/mol. The number of benzene rings is 1. The number of anilines is 1. The molecule has 0 aromatic heterocycles. The van der Waals surface area contributed by atoms with Crippen LogP contribution in [0.2, 0.25) is 0 Å². The Bertz CT molecular complexity index is 695. The lowest BCUT2D eigenvalue weighted by molar-refractivity contribution is -0.130. The first kappa shape index (κ1) is 19.6. The summed E-state index contributed by atoms with van der Waals surface area (Å²) >= 11 is 0. The van der Waals surface area contributed by atoms with Gasteiger partial charge in [-0.15, -0.1) is 0 Å². The van der Waals surface area contributed by atoms with E-state index >= 15 is 0 Å². The van der Waals surface area contributed by atoms with Crippen molar-refractivity contribution in [3.8, 4) is 5.75 Å². The summed E-state index contributed by atoms with van der Waals surface area (Å²) < 4.78 is 31.6. The fourth-order valence-corrected chi connectivity index (χ4v) is 3.73. The van der Waals surface area contributed by atoms with Crippen molar-refractivity contribution >= 4 is 21.6 Å². The van der Waals surface area contributed by atoms with Crippen LogP contribution in [0.4, 0.5) is 5.69 Å². The van der Waals surface area contributed by atoms with Gasteiger partial charge in [-0.25, -0.2) is 8.42 Å². The molecule has 25 heavy (non-hydrogen) atoms. The first-order chi connectivity index (χ1) is 11.7. The van der Waals surface area contributed by atoms with Gasteiger partial charge < -0.3 is 9.64 Å². The Morgan fingerprint density at radius 3 is 2.44 bits per heavy atom. The van der Waals surface area contributed by atoms with E-state index in [2.05, 4.69) is 6.92 Å². The summed E-state index contributed by atoms with van der Waals surface area (Å²) in [6.07, 6.45) is 2.93. The lowest BCUT2D eigenvalue weighted by Crippen LogP contribution is -2.45. The van der Waals surface area contributed by atoms with E-state index in [1.54, 1.807) is 29.2 Å². The molecule has 140 valence electrons. The zero-order valence-corrected chi connectivity index (χ0v) is 16.3. The number of para-hydroxylation sites is 2. The second kappa shape index (κ2) is 8.08. The Hall–Kier alpha value is -1.76. The quantitative estimate of drug-likeness (QED) is 0.774. The molecule has 0 spiro atoms. The molecular formula is C18H28N2O4S. The topological polar surface area (TPSA) is 66.9 Å². The molecule has 0 radical (unpaired) electrons. The van der Waals surface area contributed by atoms with E-state index in [1.165, 1.54) is 0 Å². The highest BCUT2D eigenvalue weighted by molar-refractivity contribution is 7.92. The molecular weight excluding hydrogens is 340 g/mol. The van der Waals surface area contributed by atoms with Crippen LogP contribution >= 0.6 is 0 Å². The highest BCUT2D eigenvalue weighted by Crippen LogP contribution is 2.31. The largest absolute Gasteiger partial charge is 0.489 e. The number of amides is 1. The number of hydrogen-bond donors (Lipinski definition) is 0. The fourth-order valence-electron chi connectivity index (χ4n) is 2.88. The SMILES string of the molecule is CC1CCN(C(=O)CN(c2ccccc2OC(C)C)S(C)(=O)=O)CC1. The molecule has 0 bridgehead atoms. The predicted octanol–water partition coefficient (Wildman–Crippen LogP) is 2.50. The standard InChI is InChI=1S/C18H28N2O4S/c1-14(2)24-17-8-6-5-7-16(17)20(25(4,22)23)13-18(21)19-11-9-15(3)10-12-19/h5-8,14-15H,9-13H2,1-4H3. The average Bonchev–Trinajstić information content (AvgIpc) is 2.52. The van der Waals surface area contributed by atoms with E-state index in [0.717, 1.165) is 23.4 Å². The molecule has 1 amide bonds. The molecule has 1 aliphatic rings. The summed E-state index contributed by atoms with van der Waals surface area (Å²) in [6.45, 7) is 7.09. The molecule has 1 saturated heterocycles. The second-order valence-corrected chi connectivity index (χ2v) is 8.87. The van der Waals surface area contributed by atoms with E-state index in [-0.39, 0.29) is 18.6 Å². The first-order valence-electron chi connectivity index (χ1n) is 8.69. The van der Waals surface area contributed by atoms with Crippen LogP contribution in [0.15, 0.2) is 24.3 Å². The molecule has 0 aliphatic carbocycles. The summed E-state index contributed by atoms with van der Waals surface area (Å²) in [4.78, 5) is 14.4. The third kappa shape index (κ3) is 5.36. The van der Waals surface area contributed by atoms with Gasteiger partial charge in [0.1, 0.15) is 12.3 Å². The molecule has 1 aromatic rings. The van der Waals surface area contributed by atoms with Gasteiger partial charge in [0.25, 0.3) is 0 Å². The van der Waals surface area contributed by atoms with Crippen molar-refractivity contribution in [2.24, 2.45) is 5.92 Å². The normalized spacial score (nSPS) is 16.1. The number of likely N-dealkylation sites (tertiary alicyclic amines) is 1. The van der Waals surface area contributed by atoms with E-state index in [0.29, 0.717) is 30.4 Å². The van der Waals surface area contributed by atoms with Gasteiger partial charge in [-0.1, -0.05) is 19.1 Å². The molecule has 0 saturated carbocycles. The molecule has 1 fully saturated rings. The Kier molecular flexibility index (Phi) is 6.32. The van der Waals surface area contributed by atoms with Crippen molar-refractivity contribution in [2.45, 2.75) is 39.7 Å². The van der Waals surface area contributed by atoms with Crippen LogP contribution in [-0.2, 0) is 14.8 Å². The molecule has 0 unspecified atom stereocenters. The molecule has 2 rings (SSSR count). The van der Waals surface area contributed by atoms with Crippen LogP contribution in [0.5, 0.6) is 5.75 Å². The number of rotatable bonds is 6. The van der Waals surface area contributed by atoms with Crippen LogP contribution in [0.1, 0.15) is 33.6 Å². The number of nitrogens with zero attached hydrogens (tertiary/aromatic N) is 2. The third-order valence-electron chi connectivity index (χ3n) is 4.31. The number of carbonyl (C=O) groups excluding carboxylic acids is 1. The number of carbonyl (C=O) groups is 1. The van der Waals surface area contributed by atoms with Crippen LogP contribution < -0.4 is 9.04 Å². The molecule has 1 aliphatic heterocycles. The molecule has 6 nitrogen and oxygen atoms in total. The van der Waals surface area contributed by atoms with Gasteiger partial charge >= 0.3 is 0 Å². The van der Waals surface area contributed by atoms with Crippen molar-refractivity contribution in [3.63, 3.8) is 0 Å². The summed E-state index contributed by atoms with van der Waals surface area (Å²) in [6, 6.07) is 6.92. The maximum Gasteiger partial charge on any atom is 0.243 e. The van der Waals surface area contributed by atoms with Crippen molar-refractivity contribution < 1.29 is 17.9 Å². The van der Waals surface area contributed by atoms with Crippen LogP contribution in [0, 0.1) is 5.92 Å². The van der Waals surface area contributed by atoms with Crippen molar-refractivity contribution in [1.82, 2.24) is 4.90 Å². The van der Waals surface area contributed by atoms with Gasteiger partial charge in [0.05, 0.1) is 18.0 Å². The van der Waals surface area contributed by atoms with Crippen LogP contribution in [0.25, 0.3) is 0 Å². The first-order valence-corrected chi connectivity index (χ1v) is 10.5. The van der Waals surface area contributed by atoms with Crippen molar-refractivity contribution in [3.05, 3.63) is 24.3 Å². The molecule has 7 heteroatoms. The van der Waals surface area contributed by atoms with Gasteiger partial charge in [-0.05, 0) is 44.7 Å². The zero-order valence-electron chi connectivity index (χ0n) is 15.4. The molecule has 1 heterocycles. The van der Waals surface area contributed by atoms with Crippen LogP contribution in [-0.4, -0.2) is 51.2 Å². The minimum Gasteiger partial charge on any atom is -0.489 e. The summed E-state index contributed by atoms with van der Waals surface area (Å²) in [5.74, 6) is 0.898. The summed E-state index contributed by atoms with van der Waals surface area (Å²) in [5.41, 5.74) is 0.400. The number of piperidine rings is 1. The van der Waals surface area contributed by atoms with Gasteiger partial charge in [-0.2, -0.15) is 0 Å². The van der Waals surface area contributed by atoms with E-state index in [1.807, 2.05) is 13.8 Å². The molecule has 1 aromatic carbocycles. The lowest BCUT2D eigenvalue weighted by atomic mass is 9.99. The minimum atomic E-state index is -3.61. The number of ether oxygens (including phenoxy) is 1. The number of sulfonamides is 1. The van der Waals surface area contributed by atoms with E-state index in [4.69, 9.17) is 4.74 Å². The fraction of sp³-hybridized carbons (Fsp3) is 0.611. The lowest BCUT2D eigenvalue weighted by Gasteiger charge is -2.32. The maximum absolute atomic E-state index is 12.6. The van der Waals surface area contributed by atoms with Crippen molar-refractivity contribution in [1.29, 1.82) is 0 Å². The molecule has 0 N–H and O–H groups in total. The predicted molar refractivity (Wildman–Crippen MR) is 99.4 cm³/mol. The highest BCUT2D eigenvalue weighted by atomic mass is 32.2. The number of hydrogen-bond acceptors (Lipinski definition) is 4. The second-order valence-electron chi connectivity index (χ2n) is 6.97. The molecule has 0 atom stereocenters. The van der Waals surface area contributed by atoms with Gasteiger partial charge in [-0.3, -0.25) is 9.10 Å². The minimum absolute atomic E-state index is 0.0955.